The van der Waals surface area contributed by atoms with Gasteiger partial charge < -0.3 is 5.11 Å². The van der Waals surface area contributed by atoms with Gasteiger partial charge in [0.25, 0.3) is 0 Å². The molecule has 1 aromatic carbocycles. The van der Waals surface area contributed by atoms with Gasteiger partial charge in [-0.2, -0.15) is 0 Å². The summed E-state index contributed by atoms with van der Waals surface area (Å²) in [5, 5.41) is 8.27. The average Bonchev–Trinajstić information content (AvgIpc) is 2.74. The Hall–Kier alpha value is -2.50. The lowest BCUT2D eigenvalue weighted by atomic mass is 10.2. The summed E-state index contributed by atoms with van der Waals surface area (Å²) in [6, 6.07) is 7.00. The van der Waals surface area contributed by atoms with Gasteiger partial charge in [0.05, 0.1) is 7.05 Å². The van der Waals surface area contributed by atoms with Crippen molar-refractivity contribution in [1.29, 1.82) is 0 Å². The minimum Gasteiger partial charge on any atom is -0.447 e. The average molecular weight is 249 g/mol. The summed E-state index contributed by atoms with van der Waals surface area (Å²) in [6.45, 7) is 0.737. The smallest absolute Gasteiger partial charge is 0.447 e. The summed E-state index contributed by atoms with van der Waals surface area (Å²) >= 11 is 0. The Morgan fingerprint density at radius 2 is 2.11 bits per heavy atom. The minimum absolute atomic E-state index is 0.346. The molecule has 18 heavy (non-hydrogen) atoms. The van der Waals surface area contributed by atoms with Crippen LogP contribution in [0.5, 0.6) is 5.75 Å². The van der Waals surface area contributed by atoms with Crippen molar-refractivity contribution >= 4 is 6.16 Å². The molecular formula is C12H13N2O4+. The van der Waals surface area contributed by atoms with Gasteiger partial charge in [0, 0.05) is 0 Å². The van der Waals surface area contributed by atoms with Gasteiger partial charge in [-0.3, -0.25) is 4.89 Å². The van der Waals surface area contributed by atoms with Gasteiger partial charge in [0.1, 0.15) is 18.9 Å². The Balaban J connectivity index is 1.97. The van der Waals surface area contributed by atoms with Crippen molar-refractivity contribution in [2.45, 2.75) is 6.54 Å². The number of nitrogens with zero attached hydrogens (tertiary/aromatic N) is 2. The zero-order valence-corrected chi connectivity index (χ0v) is 9.81. The lowest BCUT2D eigenvalue weighted by Crippen LogP contribution is -2.23. The molecule has 1 N–H and O–H groups in total. The first-order valence-electron chi connectivity index (χ1n) is 5.31. The highest BCUT2D eigenvalue weighted by molar-refractivity contribution is 5.56. The maximum atomic E-state index is 10.1. The van der Waals surface area contributed by atoms with E-state index in [1.807, 2.05) is 47.0 Å². The quantitative estimate of drug-likeness (QED) is 0.504. The van der Waals surface area contributed by atoms with Crippen LogP contribution >= 0.6 is 0 Å². The maximum absolute atomic E-state index is 10.1. The maximum Gasteiger partial charge on any atom is 0.547 e. The lowest BCUT2D eigenvalue weighted by Gasteiger charge is -2.02. The highest BCUT2D eigenvalue weighted by Crippen LogP contribution is 2.13. The molecule has 0 aliphatic heterocycles. The SMILES string of the molecule is C[n+]1ccn(Cc2ccc(OOC(=O)O)cc2)c1. The normalized spacial score (nSPS) is 10.1. The van der Waals surface area contributed by atoms with Crippen molar-refractivity contribution in [3.63, 3.8) is 0 Å². The zero-order chi connectivity index (χ0) is 13.0. The topological polar surface area (TPSA) is 64.6 Å². The van der Waals surface area contributed by atoms with Crippen molar-refractivity contribution in [3.05, 3.63) is 48.5 Å². The van der Waals surface area contributed by atoms with E-state index in [0.29, 0.717) is 5.75 Å². The first-order chi connectivity index (χ1) is 8.63. The summed E-state index contributed by atoms with van der Waals surface area (Å²) in [4.78, 5) is 18.7. The number of rotatable bonds is 4. The van der Waals surface area contributed by atoms with Crippen molar-refractivity contribution in [3.8, 4) is 5.75 Å². The number of hydrogen-bond acceptors (Lipinski definition) is 3. The fourth-order valence-electron chi connectivity index (χ4n) is 1.54. The van der Waals surface area contributed by atoms with Gasteiger partial charge in [-0.05, 0) is 17.7 Å². The Kier molecular flexibility index (Phi) is 3.47. The number of imidazole rings is 1. The van der Waals surface area contributed by atoms with Crippen molar-refractivity contribution in [2.24, 2.45) is 7.05 Å². The Labute approximate surface area is 104 Å². The van der Waals surface area contributed by atoms with E-state index in [1.54, 1.807) is 12.1 Å². The van der Waals surface area contributed by atoms with E-state index in [4.69, 9.17) is 5.11 Å². The molecule has 2 aromatic rings. The molecule has 0 spiro atoms. The summed E-state index contributed by atoms with van der Waals surface area (Å²) in [7, 11) is 1.96. The highest BCUT2D eigenvalue weighted by Gasteiger charge is 2.04. The van der Waals surface area contributed by atoms with Gasteiger partial charge in [0.15, 0.2) is 5.75 Å². The molecule has 1 heterocycles. The van der Waals surface area contributed by atoms with Crippen LogP contribution in [-0.4, -0.2) is 15.8 Å². The Bertz CT molecular complexity index is 533. The van der Waals surface area contributed by atoms with Crippen LogP contribution in [0.15, 0.2) is 43.0 Å². The molecule has 0 atom stereocenters. The number of aryl methyl sites for hydroxylation is 1. The molecule has 2 rings (SSSR count). The molecule has 0 aliphatic rings. The molecule has 6 nitrogen and oxygen atoms in total. The van der Waals surface area contributed by atoms with E-state index in [9.17, 15) is 4.79 Å². The molecule has 0 bridgehead atoms. The minimum atomic E-state index is -1.47. The zero-order valence-electron chi connectivity index (χ0n) is 9.81. The van der Waals surface area contributed by atoms with Gasteiger partial charge in [0.2, 0.25) is 6.33 Å². The fraction of sp³-hybridized carbons (Fsp3) is 0.167. The second kappa shape index (κ2) is 5.22. The van der Waals surface area contributed by atoms with Crippen LogP contribution in [0.4, 0.5) is 4.79 Å². The van der Waals surface area contributed by atoms with E-state index >= 15 is 0 Å². The van der Waals surface area contributed by atoms with Gasteiger partial charge in [-0.25, -0.2) is 18.8 Å². The first-order valence-corrected chi connectivity index (χ1v) is 5.31. The molecule has 6 heteroatoms. The van der Waals surface area contributed by atoms with E-state index < -0.39 is 6.16 Å². The summed E-state index contributed by atoms with van der Waals surface area (Å²) in [5.74, 6) is 0.346. The molecule has 0 saturated carbocycles. The van der Waals surface area contributed by atoms with Crippen LogP contribution in [0.2, 0.25) is 0 Å². The van der Waals surface area contributed by atoms with Gasteiger partial charge in [-0.15, -0.1) is 0 Å². The molecule has 94 valence electrons. The predicted molar refractivity (Wildman–Crippen MR) is 60.9 cm³/mol. The number of carboxylic acid groups (broad SMARTS) is 1. The van der Waals surface area contributed by atoms with Crippen molar-refractivity contribution < 1.29 is 24.2 Å². The third-order valence-corrected chi connectivity index (χ3v) is 2.32. The predicted octanol–water partition coefficient (Wildman–Crippen LogP) is 1.35. The molecular weight excluding hydrogens is 236 g/mol. The number of aromatic nitrogens is 2. The molecule has 0 saturated heterocycles. The van der Waals surface area contributed by atoms with Gasteiger partial charge in [-0.1, -0.05) is 12.1 Å². The number of carbonyl (C=O) groups is 1. The van der Waals surface area contributed by atoms with Crippen LogP contribution in [0, 0.1) is 0 Å². The van der Waals surface area contributed by atoms with Crippen molar-refractivity contribution in [1.82, 2.24) is 4.57 Å². The summed E-state index contributed by atoms with van der Waals surface area (Å²) in [5.41, 5.74) is 1.08. The van der Waals surface area contributed by atoms with Crippen LogP contribution in [0.1, 0.15) is 5.56 Å². The van der Waals surface area contributed by atoms with Gasteiger partial charge >= 0.3 is 6.16 Å². The monoisotopic (exact) mass is 249 g/mol. The third kappa shape index (κ3) is 3.24. The standard InChI is InChI=1S/C12H12N2O4/c1-13-6-7-14(9-13)8-10-2-4-11(5-3-10)17-18-12(15)16/h2-7,9H,8H2,1H3/p+1. The number of hydrogen-bond donors (Lipinski definition) is 1. The highest BCUT2D eigenvalue weighted by atomic mass is 17.2. The second-order valence-electron chi connectivity index (χ2n) is 3.83. The number of benzene rings is 1. The molecule has 0 fully saturated rings. The van der Waals surface area contributed by atoms with E-state index in [-0.39, 0.29) is 0 Å². The lowest BCUT2D eigenvalue weighted by molar-refractivity contribution is -0.671. The largest absolute Gasteiger partial charge is 0.547 e. The summed E-state index contributed by atoms with van der Waals surface area (Å²) in [6.07, 6.45) is 4.42. The molecule has 0 aliphatic carbocycles. The molecule has 0 unspecified atom stereocenters. The van der Waals surface area contributed by atoms with Crippen LogP contribution < -0.4 is 9.45 Å². The van der Waals surface area contributed by atoms with Crippen LogP contribution in [-0.2, 0) is 18.5 Å². The fourth-order valence-corrected chi connectivity index (χ4v) is 1.54. The van der Waals surface area contributed by atoms with Crippen LogP contribution in [0.3, 0.4) is 0 Å². The second-order valence-corrected chi connectivity index (χ2v) is 3.83. The molecule has 1 aromatic heterocycles. The first kappa shape index (κ1) is 12.0. The van der Waals surface area contributed by atoms with E-state index in [2.05, 4.69) is 9.78 Å². The third-order valence-electron chi connectivity index (χ3n) is 2.32. The Morgan fingerprint density at radius 3 is 2.67 bits per heavy atom. The summed E-state index contributed by atoms with van der Waals surface area (Å²) < 4.78 is 3.99. The van der Waals surface area contributed by atoms with E-state index in [0.717, 1.165) is 12.1 Å². The molecule has 0 amide bonds. The van der Waals surface area contributed by atoms with E-state index in [1.165, 1.54) is 0 Å². The van der Waals surface area contributed by atoms with Crippen molar-refractivity contribution in [2.75, 3.05) is 0 Å². The van der Waals surface area contributed by atoms with Crippen LogP contribution in [0.25, 0.3) is 0 Å². The Morgan fingerprint density at radius 1 is 1.39 bits per heavy atom. The molecule has 0 radical (unpaired) electrons.